The maximum absolute atomic E-state index is 12.0. The van der Waals surface area contributed by atoms with Gasteiger partial charge in [-0.15, -0.1) is 11.3 Å². The molecule has 144 valence electrons. The van der Waals surface area contributed by atoms with Crippen molar-refractivity contribution in [1.82, 2.24) is 15.3 Å². The molecule has 10 heteroatoms. The molecule has 2 heterocycles. The number of ether oxygens (including phenoxy) is 1. The van der Waals surface area contributed by atoms with Crippen LogP contribution in [0.5, 0.6) is 0 Å². The lowest BCUT2D eigenvalue weighted by molar-refractivity contribution is -0.154. The molecule has 0 radical (unpaired) electrons. The molecule has 0 fully saturated rings. The summed E-state index contributed by atoms with van der Waals surface area (Å²) >= 11 is 2.73. The van der Waals surface area contributed by atoms with Crippen LogP contribution in [0.2, 0.25) is 0 Å². The van der Waals surface area contributed by atoms with E-state index in [2.05, 4.69) is 26.7 Å². The standard InChI is InChI=1S/C17H21N5O3S2/c1-10-14(11-9-26-12(21-11)5-7-18)27-16(20-10)22-15(24)19-8-6-13(23)25-17(2,3)4/h9H,5-6,8H2,1-4H3,(H2,19,20,22,24). The number of rotatable bonds is 6. The molecule has 0 unspecified atom stereocenters. The van der Waals surface area contributed by atoms with Crippen LogP contribution in [0.25, 0.3) is 10.6 Å². The minimum Gasteiger partial charge on any atom is -0.460 e. The molecule has 2 rings (SSSR count). The third kappa shape index (κ3) is 6.62. The van der Waals surface area contributed by atoms with E-state index in [0.717, 1.165) is 21.3 Å². The quantitative estimate of drug-likeness (QED) is 0.708. The molecule has 2 aromatic heterocycles. The summed E-state index contributed by atoms with van der Waals surface area (Å²) in [6.45, 7) is 7.37. The second-order valence-electron chi connectivity index (χ2n) is 6.61. The van der Waals surface area contributed by atoms with Crippen LogP contribution in [-0.4, -0.2) is 34.1 Å². The van der Waals surface area contributed by atoms with Crippen molar-refractivity contribution in [2.45, 2.75) is 46.1 Å². The number of aromatic nitrogens is 2. The van der Waals surface area contributed by atoms with Gasteiger partial charge in [-0.1, -0.05) is 11.3 Å². The van der Waals surface area contributed by atoms with E-state index in [1.54, 1.807) is 20.8 Å². The average molecular weight is 408 g/mol. The third-order valence-corrected chi connectivity index (χ3v) is 5.01. The first-order chi connectivity index (χ1) is 12.7. The zero-order chi connectivity index (χ0) is 20.0. The van der Waals surface area contributed by atoms with Crippen molar-refractivity contribution in [3.8, 4) is 16.6 Å². The second kappa shape index (κ2) is 8.92. The van der Waals surface area contributed by atoms with Crippen molar-refractivity contribution in [1.29, 1.82) is 5.26 Å². The van der Waals surface area contributed by atoms with E-state index in [1.165, 1.54) is 22.7 Å². The highest BCUT2D eigenvalue weighted by atomic mass is 32.1. The number of anilines is 1. The van der Waals surface area contributed by atoms with Crippen LogP contribution in [0, 0.1) is 18.3 Å². The van der Waals surface area contributed by atoms with Crippen LogP contribution < -0.4 is 10.6 Å². The highest BCUT2D eigenvalue weighted by Crippen LogP contribution is 2.33. The van der Waals surface area contributed by atoms with E-state index >= 15 is 0 Å². The zero-order valence-corrected chi connectivity index (χ0v) is 17.2. The van der Waals surface area contributed by atoms with Crippen molar-refractivity contribution >= 4 is 39.8 Å². The van der Waals surface area contributed by atoms with Crippen molar-refractivity contribution in [2.24, 2.45) is 0 Å². The molecule has 0 aromatic carbocycles. The summed E-state index contributed by atoms with van der Waals surface area (Å²) in [5, 5.41) is 17.1. The van der Waals surface area contributed by atoms with Gasteiger partial charge in [0.25, 0.3) is 0 Å². The molecule has 0 spiro atoms. The van der Waals surface area contributed by atoms with Gasteiger partial charge in [0.2, 0.25) is 0 Å². The predicted octanol–water partition coefficient (Wildman–Crippen LogP) is 3.49. The summed E-state index contributed by atoms with van der Waals surface area (Å²) in [5.41, 5.74) is 0.952. The Morgan fingerprint density at radius 3 is 2.74 bits per heavy atom. The number of nitriles is 1. The van der Waals surface area contributed by atoms with E-state index in [0.29, 0.717) is 5.13 Å². The van der Waals surface area contributed by atoms with Gasteiger partial charge >= 0.3 is 12.0 Å². The summed E-state index contributed by atoms with van der Waals surface area (Å²) in [5.74, 6) is -0.369. The Balaban J connectivity index is 1.88. The highest BCUT2D eigenvalue weighted by Gasteiger charge is 2.17. The van der Waals surface area contributed by atoms with E-state index in [-0.39, 0.29) is 25.4 Å². The SMILES string of the molecule is Cc1nc(NC(=O)NCCC(=O)OC(C)(C)C)sc1-c1csc(CC#N)n1. The average Bonchev–Trinajstić information content (AvgIpc) is 3.12. The van der Waals surface area contributed by atoms with Gasteiger partial charge in [-0.05, 0) is 27.7 Å². The molecule has 0 aliphatic heterocycles. The first-order valence-corrected chi connectivity index (χ1v) is 9.93. The van der Waals surface area contributed by atoms with Gasteiger partial charge in [-0.2, -0.15) is 5.26 Å². The van der Waals surface area contributed by atoms with Gasteiger partial charge in [0, 0.05) is 11.9 Å². The second-order valence-corrected chi connectivity index (χ2v) is 8.55. The molecule has 2 N–H and O–H groups in total. The Labute approximate surface area is 165 Å². The molecule has 0 atom stereocenters. The molecule has 0 aliphatic carbocycles. The van der Waals surface area contributed by atoms with Crippen LogP contribution in [-0.2, 0) is 16.0 Å². The number of nitrogens with zero attached hydrogens (tertiary/aromatic N) is 3. The lowest BCUT2D eigenvalue weighted by Crippen LogP contribution is -2.32. The largest absolute Gasteiger partial charge is 0.460 e. The number of hydrogen-bond donors (Lipinski definition) is 2. The molecule has 2 aromatic rings. The number of urea groups is 1. The van der Waals surface area contributed by atoms with Crippen LogP contribution in [0.1, 0.15) is 37.9 Å². The molecule has 27 heavy (non-hydrogen) atoms. The van der Waals surface area contributed by atoms with Gasteiger partial charge in [0.1, 0.15) is 10.6 Å². The van der Waals surface area contributed by atoms with Gasteiger partial charge in [-0.25, -0.2) is 14.8 Å². The fourth-order valence-electron chi connectivity index (χ4n) is 2.06. The smallest absolute Gasteiger partial charge is 0.321 e. The van der Waals surface area contributed by atoms with E-state index in [1.807, 2.05) is 12.3 Å². The number of esters is 1. The molecule has 2 amide bonds. The van der Waals surface area contributed by atoms with Gasteiger partial charge in [-0.3, -0.25) is 10.1 Å². The van der Waals surface area contributed by atoms with Crippen LogP contribution in [0.4, 0.5) is 9.93 Å². The maximum Gasteiger partial charge on any atom is 0.321 e. The number of nitrogens with one attached hydrogen (secondary N) is 2. The number of carbonyl (C=O) groups is 2. The van der Waals surface area contributed by atoms with Gasteiger partial charge in [0.15, 0.2) is 5.13 Å². The number of aryl methyl sites for hydroxylation is 1. The molecule has 0 aliphatic rings. The molecule has 0 bridgehead atoms. The fraction of sp³-hybridized carbons (Fsp3) is 0.471. The first kappa shape index (κ1) is 20.8. The summed E-state index contributed by atoms with van der Waals surface area (Å²) < 4.78 is 5.18. The lowest BCUT2D eigenvalue weighted by atomic mass is 10.2. The molecule has 8 nitrogen and oxygen atoms in total. The Hall–Kier alpha value is -2.51. The maximum atomic E-state index is 12.0. The normalized spacial score (nSPS) is 10.9. The summed E-state index contributed by atoms with van der Waals surface area (Å²) in [4.78, 5) is 33.2. The van der Waals surface area contributed by atoms with Crippen molar-refractivity contribution in [3.05, 3.63) is 16.1 Å². The lowest BCUT2D eigenvalue weighted by Gasteiger charge is -2.19. The first-order valence-electron chi connectivity index (χ1n) is 8.24. The topological polar surface area (TPSA) is 117 Å². The van der Waals surface area contributed by atoms with Crippen LogP contribution in [0.15, 0.2) is 5.38 Å². The van der Waals surface area contributed by atoms with Crippen molar-refractivity contribution < 1.29 is 14.3 Å². The van der Waals surface area contributed by atoms with Gasteiger partial charge < -0.3 is 10.1 Å². The van der Waals surface area contributed by atoms with E-state index in [4.69, 9.17) is 10.00 Å². The number of amides is 2. The monoisotopic (exact) mass is 407 g/mol. The Kier molecular flexibility index (Phi) is 6.87. The highest BCUT2D eigenvalue weighted by molar-refractivity contribution is 7.19. The third-order valence-electron chi connectivity index (χ3n) is 3.07. The Morgan fingerprint density at radius 1 is 1.33 bits per heavy atom. The summed E-state index contributed by atoms with van der Waals surface area (Å²) in [7, 11) is 0. The molecule has 0 saturated heterocycles. The van der Waals surface area contributed by atoms with Crippen LogP contribution >= 0.6 is 22.7 Å². The predicted molar refractivity (Wildman–Crippen MR) is 105 cm³/mol. The van der Waals surface area contributed by atoms with Gasteiger partial charge in [0.05, 0.1) is 35.2 Å². The van der Waals surface area contributed by atoms with E-state index < -0.39 is 11.6 Å². The molecular formula is C17H21N5O3S2. The fourth-order valence-corrected chi connectivity index (χ4v) is 3.78. The summed E-state index contributed by atoms with van der Waals surface area (Å²) in [6, 6.07) is 1.63. The van der Waals surface area contributed by atoms with Crippen molar-refractivity contribution in [2.75, 3.05) is 11.9 Å². The minimum atomic E-state index is -0.545. The number of thiazole rings is 2. The summed E-state index contributed by atoms with van der Waals surface area (Å²) in [6.07, 6.45) is 0.362. The number of carbonyl (C=O) groups excluding carboxylic acids is 2. The van der Waals surface area contributed by atoms with Crippen molar-refractivity contribution in [3.63, 3.8) is 0 Å². The Bertz CT molecular complexity index is 861. The zero-order valence-electron chi connectivity index (χ0n) is 15.6. The Morgan fingerprint density at radius 2 is 2.07 bits per heavy atom. The molecule has 0 saturated carbocycles. The number of hydrogen-bond acceptors (Lipinski definition) is 8. The molecular weight excluding hydrogens is 386 g/mol. The minimum absolute atomic E-state index is 0.0906. The van der Waals surface area contributed by atoms with Crippen LogP contribution in [0.3, 0.4) is 0 Å². The van der Waals surface area contributed by atoms with E-state index in [9.17, 15) is 9.59 Å².